The highest BCUT2D eigenvalue weighted by Gasteiger charge is 2.48. The van der Waals surface area contributed by atoms with Crippen LogP contribution in [0.25, 0.3) is 0 Å². The van der Waals surface area contributed by atoms with Gasteiger partial charge in [0.15, 0.2) is 0 Å². The lowest BCUT2D eigenvalue weighted by Gasteiger charge is -2.42. The summed E-state index contributed by atoms with van der Waals surface area (Å²) >= 11 is 5.02. The van der Waals surface area contributed by atoms with Crippen molar-refractivity contribution < 1.29 is 4.79 Å². The topological polar surface area (TPSA) is 46.3 Å². The third-order valence-electron chi connectivity index (χ3n) is 3.07. The zero-order valence-electron chi connectivity index (χ0n) is 9.75. The van der Waals surface area contributed by atoms with Crippen LogP contribution in [-0.2, 0) is 4.79 Å². The molecule has 1 aliphatic carbocycles. The lowest BCUT2D eigenvalue weighted by Crippen LogP contribution is -2.54. The number of hydrogen-bond donors (Lipinski definition) is 1. The van der Waals surface area contributed by atoms with E-state index in [1.54, 1.807) is 4.90 Å². The number of nitrogens with zero attached hydrogens (tertiary/aromatic N) is 1. The number of nitrogens with two attached hydrogens (primary N) is 1. The van der Waals surface area contributed by atoms with E-state index < -0.39 is 5.41 Å². The van der Waals surface area contributed by atoms with E-state index in [9.17, 15) is 4.79 Å². The summed E-state index contributed by atoms with van der Waals surface area (Å²) in [4.78, 5) is 14.3. The summed E-state index contributed by atoms with van der Waals surface area (Å²) in [6.45, 7) is 4.96. The van der Waals surface area contributed by atoms with Crippen molar-refractivity contribution in [1.82, 2.24) is 4.90 Å². The lowest BCUT2D eigenvalue weighted by molar-refractivity contribution is -0.141. The van der Waals surface area contributed by atoms with Crippen LogP contribution in [0, 0.1) is 11.3 Å². The van der Waals surface area contributed by atoms with Crippen LogP contribution in [0.3, 0.4) is 0 Å². The Labute approximate surface area is 97.0 Å². The number of carbonyl (C=O) groups excluding carboxylic acids is 1. The first-order valence-corrected chi connectivity index (χ1v) is 5.86. The Morgan fingerprint density at radius 1 is 1.53 bits per heavy atom. The van der Waals surface area contributed by atoms with E-state index in [2.05, 4.69) is 13.8 Å². The first kappa shape index (κ1) is 12.4. The predicted octanol–water partition coefficient (Wildman–Crippen LogP) is 1.56. The van der Waals surface area contributed by atoms with E-state index >= 15 is 0 Å². The Balaban J connectivity index is 2.69. The van der Waals surface area contributed by atoms with Crippen molar-refractivity contribution in [3.05, 3.63) is 0 Å². The molecule has 86 valence electrons. The number of thiocarbonyl (C=S) groups is 1. The van der Waals surface area contributed by atoms with Crippen molar-refractivity contribution in [3.63, 3.8) is 0 Å². The first-order chi connectivity index (χ1) is 6.90. The van der Waals surface area contributed by atoms with Gasteiger partial charge in [-0.3, -0.25) is 4.79 Å². The minimum Gasteiger partial charge on any atom is -0.392 e. The zero-order chi connectivity index (χ0) is 11.6. The quantitative estimate of drug-likeness (QED) is 0.743. The van der Waals surface area contributed by atoms with Crippen molar-refractivity contribution in [3.8, 4) is 0 Å². The second-order valence-corrected chi connectivity index (χ2v) is 5.32. The minimum absolute atomic E-state index is 0.106. The summed E-state index contributed by atoms with van der Waals surface area (Å²) in [5.41, 5.74) is 5.17. The summed E-state index contributed by atoms with van der Waals surface area (Å²) in [6, 6.07) is 0. The number of amides is 1. The molecule has 0 heterocycles. The van der Waals surface area contributed by atoms with Crippen LogP contribution < -0.4 is 5.73 Å². The Hall–Kier alpha value is -0.640. The summed E-state index contributed by atoms with van der Waals surface area (Å²) in [7, 11) is 1.83. The van der Waals surface area contributed by atoms with E-state index in [0.29, 0.717) is 10.9 Å². The average Bonchev–Trinajstić information content (AvgIpc) is 1.99. The van der Waals surface area contributed by atoms with E-state index in [0.717, 1.165) is 25.8 Å². The maximum Gasteiger partial charge on any atom is 0.235 e. The van der Waals surface area contributed by atoms with Gasteiger partial charge in [-0.25, -0.2) is 0 Å². The summed E-state index contributed by atoms with van der Waals surface area (Å²) in [5.74, 6) is 0.581. The van der Waals surface area contributed by atoms with Crippen molar-refractivity contribution in [2.75, 3.05) is 13.6 Å². The Morgan fingerprint density at radius 2 is 2.07 bits per heavy atom. The van der Waals surface area contributed by atoms with Gasteiger partial charge in [0.25, 0.3) is 0 Å². The van der Waals surface area contributed by atoms with Crippen molar-refractivity contribution in [2.24, 2.45) is 17.1 Å². The zero-order valence-corrected chi connectivity index (χ0v) is 10.6. The van der Waals surface area contributed by atoms with Gasteiger partial charge >= 0.3 is 0 Å². The molecule has 0 aromatic heterocycles. The van der Waals surface area contributed by atoms with Gasteiger partial charge in [0.1, 0.15) is 0 Å². The van der Waals surface area contributed by atoms with Crippen molar-refractivity contribution in [2.45, 2.75) is 33.1 Å². The second-order valence-electron chi connectivity index (χ2n) is 4.88. The molecule has 1 aliphatic rings. The smallest absolute Gasteiger partial charge is 0.235 e. The maximum absolute atomic E-state index is 12.2. The molecular formula is C11H20N2OS. The fourth-order valence-electron chi connectivity index (χ4n) is 2.09. The second kappa shape index (κ2) is 4.47. The molecule has 2 N–H and O–H groups in total. The third kappa shape index (κ3) is 2.30. The highest BCUT2D eigenvalue weighted by atomic mass is 32.1. The fourth-order valence-corrected chi connectivity index (χ4v) is 2.38. The van der Waals surface area contributed by atoms with Gasteiger partial charge in [-0.15, -0.1) is 0 Å². The molecule has 0 bridgehead atoms. The Morgan fingerprint density at radius 3 is 2.33 bits per heavy atom. The molecule has 4 heteroatoms. The normalized spacial score (nSPS) is 18.4. The van der Waals surface area contributed by atoms with E-state index in [-0.39, 0.29) is 5.91 Å². The van der Waals surface area contributed by atoms with Crippen LogP contribution >= 0.6 is 12.2 Å². The summed E-state index contributed by atoms with van der Waals surface area (Å²) in [5, 5.41) is 0. The molecule has 1 rings (SSSR count). The van der Waals surface area contributed by atoms with E-state index in [1.165, 1.54) is 0 Å². The number of rotatable bonds is 4. The van der Waals surface area contributed by atoms with Gasteiger partial charge < -0.3 is 10.6 Å². The van der Waals surface area contributed by atoms with E-state index in [4.69, 9.17) is 18.0 Å². The van der Waals surface area contributed by atoms with Crippen LogP contribution in [0.1, 0.15) is 33.1 Å². The van der Waals surface area contributed by atoms with Crippen LogP contribution in [-0.4, -0.2) is 29.4 Å². The highest BCUT2D eigenvalue weighted by molar-refractivity contribution is 7.80. The predicted molar refractivity (Wildman–Crippen MR) is 65.5 cm³/mol. The largest absolute Gasteiger partial charge is 0.392 e. The summed E-state index contributed by atoms with van der Waals surface area (Å²) < 4.78 is 0. The first-order valence-electron chi connectivity index (χ1n) is 5.45. The molecule has 1 saturated carbocycles. The number of hydrogen-bond acceptors (Lipinski definition) is 2. The standard InChI is InChI=1S/C11H20N2OS/c1-8(2)7-13(3)10(14)11(9(12)15)5-4-6-11/h8H,4-7H2,1-3H3,(H2,12,15). The van der Waals surface area contributed by atoms with Crippen LogP contribution in [0.15, 0.2) is 0 Å². The molecular weight excluding hydrogens is 208 g/mol. The fraction of sp³-hybridized carbons (Fsp3) is 0.818. The highest BCUT2D eigenvalue weighted by Crippen LogP contribution is 2.42. The molecule has 15 heavy (non-hydrogen) atoms. The van der Waals surface area contributed by atoms with Gasteiger partial charge in [0.05, 0.1) is 10.4 Å². The molecule has 0 aromatic carbocycles. The van der Waals surface area contributed by atoms with Gasteiger partial charge in [-0.05, 0) is 18.8 Å². The molecule has 3 nitrogen and oxygen atoms in total. The average molecular weight is 228 g/mol. The molecule has 0 spiro atoms. The van der Waals surface area contributed by atoms with Crippen LogP contribution in [0.5, 0.6) is 0 Å². The van der Waals surface area contributed by atoms with Gasteiger partial charge in [0.2, 0.25) is 5.91 Å². The number of carbonyl (C=O) groups is 1. The van der Waals surface area contributed by atoms with Crippen LogP contribution in [0.4, 0.5) is 0 Å². The summed E-state index contributed by atoms with van der Waals surface area (Å²) in [6.07, 6.45) is 2.70. The van der Waals surface area contributed by atoms with Crippen molar-refractivity contribution >= 4 is 23.1 Å². The lowest BCUT2D eigenvalue weighted by atomic mass is 9.67. The Kier molecular flexibility index (Phi) is 3.71. The third-order valence-corrected chi connectivity index (χ3v) is 3.46. The molecule has 0 aromatic rings. The molecule has 0 radical (unpaired) electrons. The van der Waals surface area contributed by atoms with Crippen molar-refractivity contribution in [1.29, 1.82) is 0 Å². The molecule has 1 fully saturated rings. The van der Waals surface area contributed by atoms with Gasteiger partial charge in [-0.2, -0.15) is 0 Å². The molecule has 0 atom stereocenters. The van der Waals surface area contributed by atoms with E-state index in [1.807, 2.05) is 7.05 Å². The SMILES string of the molecule is CC(C)CN(C)C(=O)C1(C(N)=S)CCC1. The van der Waals surface area contributed by atoms with Gasteiger partial charge in [-0.1, -0.05) is 32.5 Å². The molecule has 0 unspecified atom stereocenters. The Bertz CT molecular complexity index is 272. The molecule has 0 saturated heterocycles. The monoisotopic (exact) mass is 228 g/mol. The van der Waals surface area contributed by atoms with Gasteiger partial charge in [0, 0.05) is 13.6 Å². The maximum atomic E-state index is 12.2. The molecule has 0 aliphatic heterocycles. The van der Waals surface area contributed by atoms with Crippen LogP contribution in [0.2, 0.25) is 0 Å². The molecule has 1 amide bonds. The minimum atomic E-state index is -0.515.